The van der Waals surface area contributed by atoms with Crippen molar-refractivity contribution in [2.45, 2.75) is 44.1 Å². The lowest BCUT2D eigenvalue weighted by atomic mass is 9.74. The Bertz CT molecular complexity index is 883. The highest BCUT2D eigenvalue weighted by Crippen LogP contribution is 2.47. The van der Waals surface area contributed by atoms with Crippen LogP contribution in [0.15, 0.2) is 30.6 Å². The first-order valence-corrected chi connectivity index (χ1v) is 10.6. The molecule has 6 nitrogen and oxygen atoms in total. The third-order valence-electron chi connectivity index (χ3n) is 7.18. The topological polar surface area (TPSA) is 55.5 Å². The van der Waals surface area contributed by atoms with Gasteiger partial charge in [-0.05, 0) is 62.5 Å². The van der Waals surface area contributed by atoms with Gasteiger partial charge in [0.15, 0.2) is 0 Å². The zero-order valence-corrected chi connectivity index (χ0v) is 16.9. The van der Waals surface area contributed by atoms with Crippen LogP contribution >= 0.6 is 0 Å². The molecular weight excluding hydrogens is 369 g/mol. The summed E-state index contributed by atoms with van der Waals surface area (Å²) in [5.41, 5.74) is 1.83. The summed E-state index contributed by atoms with van der Waals surface area (Å²) >= 11 is 0. The second kappa shape index (κ2) is 7.13. The van der Waals surface area contributed by atoms with Gasteiger partial charge in [-0.15, -0.1) is 0 Å². The second-order valence-electron chi connectivity index (χ2n) is 8.71. The van der Waals surface area contributed by atoms with Crippen molar-refractivity contribution in [3.8, 4) is 0 Å². The van der Waals surface area contributed by atoms with Gasteiger partial charge < -0.3 is 19.7 Å². The number of likely N-dealkylation sites (tertiary alicyclic amines) is 1. The average molecular weight is 397 g/mol. The Balaban J connectivity index is 1.26. The van der Waals surface area contributed by atoms with Crippen molar-refractivity contribution in [2.24, 2.45) is 0 Å². The second-order valence-corrected chi connectivity index (χ2v) is 8.71. The van der Waals surface area contributed by atoms with E-state index in [1.165, 1.54) is 6.07 Å². The van der Waals surface area contributed by atoms with Gasteiger partial charge in [-0.2, -0.15) is 0 Å². The van der Waals surface area contributed by atoms with E-state index in [-0.39, 0.29) is 17.1 Å². The Kier molecular flexibility index (Phi) is 4.57. The van der Waals surface area contributed by atoms with E-state index in [0.29, 0.717) is 12.6 Å². The quantitative estimate of drug-likeness (QED) is 0.847. The van der Waals surface area contributed by atoms with E-state index in [1.807, 2.05) is 11.1 Å². The van der Waals surface area contributed by atoms with Crippen LogP contribution in [0.2, 0.25) is 0 Å². The van der Waals surface area contributed by atoms with E-state index in [2.05, 4.69) is 19.8 Å². The molecule has 0 bridgehead atoms. The molecule has 2 saturated heterocycles. The van der Waals surface area contributed by atoms with Crippen molar-refractivity contribution in [3.05, 3.63) is 42.0 Å². The van der Waals surface area contributed by atoms with E-state index < -0.39 is 0 Å². The third-order valence-corrected chi connectivity index (χ3v) is 7.18. The number of aromatic nitrogens is 2. The van der Waals surface area contributed by atoms with Gasteiger partial charge in [0.25, 0.3) is 0 Å². The van der Waals surface area contributed by atoms with Crippen LogP contribution in [0, 0.1) is 5.82 Å². The van der Waals surface area contributed by atoms with Gasteiger partial charge in [-0.3, -0.25) is 4.79 Å². The first kappa shape index (κ1) is 18.6. The maximum atomic E-state index is 14.0. The summed E-state index contributed by atoms with van der Waals surface area (Å²) in [5.74, 6) is 0.804. The molecule has 0 aliphatic carbocycles. The molecule has 1 spiro atoms. The number of hydrogen-bond acceptors (Lipinski definition) is 4. The molecule has 154 valence electrons. The number of fused-ring (bicyclic) bond motifs is 2. The highest BCUT2D eigenvalue weighted by atomic mass is 19.1. The van der Waals surface area contributed by atoms with E-state index in [4.69, 9.17) is 0 Å². The minimum Gasteiger partial charge on any atom is -0.342 e. The molecule has 3 aliphatic rings. The normalized spacial score (nSPS) is 22.3. The fourth-order valence-corrected chi connectivity index (χ4v) is 5.54. The lowest BCUT2D eigenvalue weighted by Gasteiger charge is -2.45. The van der Waals surface area contributed by atoms with Crippen LogP contribution in [0.1, 0.15) is 38.2 Å². The standard InChI is InChI=1S/C22H28FN5O/c1-16(29)28-15-22(19-14-17(23)2-3-20(19)28)6-12-26(13-7-22)18-4-10-27(11-5-18)21-24-8-9-25-21/h2-3,8-9,14,18H,4-7,10-13,15H2,1H3,(H,24,25). The molecule has 0 radical (unpaired) electrons. The number of amides is 1. The van der Waals surface area contributed by atoms with Crippen molar-refractivity contribution in [1.82, 2.24) is 14.9 Å². The number of H-pyrrole nitrogens is 1. The first-order valence-electron chi connectivity index (χ1n) is 10.6. The summed E-state index contributed by atoms with van der Waals surface area (Å²) in [5, 5.41) is 0. The first-order chi connectivity index (χ1) is 14.1. The summed E-state index contributed by atoms with van der Waals surface area (Å²) in [7, 11) is 0. The van der Waals surface area contributed by atoms with Crippen molar-refractivity contribution in [3.63, 3.8) is 0 Å². The molecule has 7 heteroatoms. The molecule has 0 saturated carbocycles. The number of nitrogens with zero attached hydrogens (tertiary/aromatic N) is 4. The molecule has 0 atom stereocenters. The largest absolute Gasteiger partial charge is 0.342 e. The number of carbonyl (C=O) groups is 1. The van der Waals surface area contributed by atoms with Gasteiger partial charge in [0.1, 0.15) is 5.82 Å². The van der Waals surface area contributed by atoms with Gasteiger partial charge in [-0.25, -0.2) is 9.37 Å². The molecule has 3 aliphatic heterocycles. The predicted octanol–water partition coefficient (Wildman–Crippen LogP) is 2.92. The van der Waals surface area contributed by atoms with Crippen molar-refractivity contribution in [1.29, 1.82) is 0 Å². The SMILES string of the molecule is CC(=O)N1CC2(CCN(C3CCN(c4ncc[nH]4)CC3)CC2)c2cc(F)ccc21. The van der Waals surface area contributed by atoms with E-state index in [1.54, 1.807) is 25.3 Å². The van der Waals surface area contributed by atoms with E-state index >= 15 is 0 Å². The van der Waals surface area contributed by atoms with Crippen LogP contribution in [0.5, 0.6) is 0 Å². The van der Waals surface area contributed by atoms with E-state index in [9.17, 15) is 9.18 Å². The molecule has 2 aromatic rings. The smallest absolute Gasteiger partial charge is 0.223 e. The molecule has 1 N–H and O–H groups in total. The Labute approximate surface area is 170 Å². The molecule has 29 heavy (non-hydrogen) atoms. The van der Waals surface area contributed by atoms with Gasteiger partial charge in [0, 0.05) is 56.1 Å². The van der Waals surface area contributed by atoms with Crippen molar-refractivity contribution < 1.29 is 9.18 Å². The zero-order valence-electron chi connectivity index (χ0n) is 16.9. The molecule has 1 aromatic heterocycles. The number of piperidine rings is 2. The lowest BCUT2D eigenvalue weighted by molar-refractivity contribution is -0.116. The Morgan fingerprint density at radius 3 is 2.62 bits per heavy atom. The van der Waals surface area contributed by atoms with Gasteiger partial charge in [0.2, 0.25) is 11.9 Å². The fraction of sp³-hybridized carbons (Fsp3) is 0.545. The molecule has 1 amide bonds. The number of imidazole rings is 1. The van der Waals surface area contributed by atoms with Gasteiger partial charge in [-0.1, -0.05) is 0 Å². The number of hydrogen-bond donors (Lipinski definition) is 1. The average Bonchev–Trinajstić information content (AvgIpc) is 3.37. The number of rotatable bonds is 2. The predicted molar refractivity (Wildman–Crippen MR) is 111 cm³/mol. The van der Waals surface area contributed by atoms with Crippen LogP contribution in [0.25, 0.3) is 0 Å². The molecule has 5 rings (SSSR count). The molecule has 4 heterocycles. The van der Waals surface area contributed by atoms with Crippen LogP contribution < -0.4 is 9.80 Å². The Hall–Kier alpha value is -2.41. The van der Waals surface area contributed by atoms with E-state index in [0.717, 1.165) is 69.1 Å². The number of benzene rings is 1. The van der Waals surface area contributed by atoms with Crippen molar-refractivity contribution in [2.75, 3.05) is 42.5 Å². The molecule has 1 aromatic carbocycles. The van der Waals surface area contributed by atoms with Crippen LogP contribution in [-0.2, 0) is 10.2 Å². The fourth-order valence-electron chi connectivity index (χ4n) is 5.54. The highest BCUT2D eigenvalue weighted by Gasteiger charge is 2.46. The number of anilines is 2. The summed E-state index contributed by atoms with van der Waals surface area (Å²) in [6, 6.07) is 5.50. The van der Waals surface area contributed by atoms with Crippen molar-refractivity contribution >= 4 is 17.5 Å². The molecule has 0 unspecified atom stereocenters. The minimum absolute atomic E-state index is 0.0439. The number of nitrogens with one attached hydrogen (secondary N) is 1. The summed E-state index contributed by atoms with van der Waals surface area (Å²) in [6.07, 6.45) is 7.91. The van der Waals surface area contributed by atoms with Gasteiger partial charge in [0.05, 0.1) is 0 Å². The highest BCUT2D eigenvalue weighted by molar-refractivity contribution is 5.94. The van der Waals surface area contributed by atoms with Crippen LogP contribution in [-0.4, -0.2) is 59.5 Å². The van der Waals surface area contributed by atoms with Crippen LogP contribution in [0.4, 0.5) is 16.0 Å². The zero-order chi connectivity index (χ0) is 20.0. The lowest BCUT2D eigenvalue weighted by Crippen LogP contribution is -2.52. The summed E-state index contributed by atoms with van der Waals surface area (Å²) in [6.45, 7) is 6.35. The number of aromatic amines is 1. The van der Waals surface area contributed by atoms with Gasteiger partial charge >= 0.3 is 0 Å². The molecule has 2 fully saturated rings. The summed E-state index contributed by atoms with van der Waals surface area (Å²) in [4.78, 5) is 26.5. The maximum Gasteiger partial charge on any atom is 0.223 e. The number of carbonyl (C=O) groups excluding carboxylic acids is 1. The monoisotopic (exact) mass is 397 g/mol. The van der Waals surface area contributed by atoms with Crippen LogP contribution in [0.3, 0.4) is 0 Å². The molecular formula is C22H28FN5O. The minimum atomic E-state index is -0.207. The Morgan fingerprint density at radius 1 is 1.21 bits per heavy atom. The Morgan fingerprint density at radius 2 is 1.97 bits per heavy atom. The third kappa shape index (κ3) is 3.21. The maximum absolute atomic E-state index is 14.0. The summed E-state index contributed by atoms with van der Waals surface area (Å²) < 4.78 is 14.0. The number of halogens is 1.